The van der Waals surface area contributed by atoms with E-state index in [2.05, 4.69) is 19.1 Å². The highest BCUT2D eigenvalue weighted by Gasteiger charge is 2.22. The van der Waals surface area contributed by atoms with Crippen LogP contribution in [0.1, 0.15) is 19.8 Å². The lowest BCUT2D eigenvalue weighted by atomic mass is 10.1. The number of benzene rings is 4. The third-order valence-corrected chi connectivity index (χ3v) is 7.72. The summed E-state index contributed by atoms with van der Waals surface area (Å²) in [5, 5.41) is 27.7. The molecule has 136 valence electrons. The fourth-order valence-electron chi connectivity index (χ4n) is 3.61. The van der Waals surface area contributed by atoms with Crippen LogP contribution in [0.3, 0.4) is 0 Å². The van der Waals surface area contributed by atoms with Crippen molar-refractivity contribution in [2.45, 2.75) is 19.8 Å². The van der Waals surface area contributed by atoms with Crippen LogP contribution >= 0.6 is 7.92 Å². The number of unbranched alkanes of at least 4 members (excludes halogenated alkanes) is 1. The molecule has 0 aliphatic heterocycles. The van der Waals surface area contributed by atoms with Gasteiger partial charge < -0.3 is 10.2 Å². The number of phenols is 2. The molecule has 4 aromatic carbocycles. The molecule has 2 nitrogen and oxygen atoms in total. The second-order valence-electron chi connectivity index (χ2n) is 6.81. The molecule has 4 rings (SSSR count). The number of fused-ring (bicyclic) bond motifs is 2. The topological polar surface area (TPSA) is 40.5 Å². The lowest BCUT2D eigenvalue weighted by molar-refractivity contribution is 0.485. The van der Waals surface area contributed by atoms with Crippen LogP contribution < -0.4 is 10.6 Å². The summed E-state index contributed by atoms with van der Waals surface area (Å²) in [6.07, 6.45) is 3.09. The molecule has 0 aromatic heterocycles. The van der Waals surface area contributed by atoms with Crippen LogP contribution in [-0.4, -0.2) is 16.4 Å². The van der Waals surface area contributed by atoms with Crippen LogP contribution in [0, 0.1) is 0 Å². The molecule has 0 atom stereocenters. The highest BCUT2D eigenvalue weighted by Crippen LogP contribution is 2.44. The Morgan fingerprint density at radius 2 is 1.15 bits per heavy atom. The molecule has 0 bridgehead atoms. The lowest BCUT2D eigenvalue weighted by Gasteiger charge is -2.22. The van der Waals surface area contributed by atoms with Gasteiger partial charge in [-0.3, -0.25) is 0 Å². The van der Waals surface area contributed by atoms with Gasteiger partial charge in [-0.15, -0.1) is 0 Å². The van der Waals surface area contributed by atoms with Crippen LogP contribution in [0.2, 0.25) is 0 Å². The highest BCUT2D eigenvalue weighted by molar-refractivity contribution is 7.73. The van der Waals surface area contributed by atoms with Gasteiger partial charge in [-0.05, 0) is 43.4 Å². The Morgan fingerprint density at radius 3 is 1.63 bits per heavy atom. The molecule has 0 saturated heterocycles. The molecule has 0 fully saturated rings. The molecule has 0 aliphatic carbocycles. The van der Waals surface area contributed by atoms with Crippen LogP contribution in [0.15, 0.2) is 72.8 Å². The Morgan fingerprint density at radius 1 is 0.667 bits per heavy atom. The fourth-order valence-corrected chi connectivity index (χ4v) is 6.24. The second-order valence-corrected chi connectivity index (χ2v) is 9.08. The summed E-state index contributed by atoms with van der Waals surface area (Å²) in [4.78, 5) is 0. The van der Waals surface area contributed by atoms with Crippen molar-refractivity contribution >= 4 is 40.1 Å². The van der Waals surface area contributed by atoms with E-state index in [9.17, 15) is 10.2 Å². The summed E-state index contributed by atoms with van der Waals surface area (Å²) in [7, 11) is -0.845. The predicted octanol–water partition coefficient (Wildman–Crippen LogP) is 5.64. The molecule has 2 N–H and O–H groups in total. The van der Waals surface area contributed by atoms with Crippen molar-refractivity contribution in [2.24, 2.45) is 0 Å². The number of hydrogen-bond acceptors (Lipinski definition) is 2. The molecule has 0 unspecified atom stereocenters. The molecule has 0 amide bonds. The molecule has 27 heavy (non-hydrogen) atoms. The van der Waals surface area contributed by atoms with Gasteiger partial charge in [0.15, 0.2) is 0 Å². The minimum absolute atomic E-state index is 0.350. The first-order valence-electron chi connectivity index (χ1n) is 9.39. The van der Waals surface area contributed by atoms with Gasteiger partial charge in [-0.2, -0.15) is 0 Å². The molecule has 4 aromatic rings. The minimum Gasteiger partial charge on any atom is -0.507 e. The SMILES string of the molecule is CCCCP(c1ccc2ccccc2c1O)c1ccc2ccccc2c1O. The van der Waals surface area contributed by atoms with Crippen LogP contribution in [0.25, 0.3) is 21.5 Å². The van der Waals surface area contributed by atoms with Crippen molar-refractivity contribution in [3.05, 3.63) is 72.8 Å². The van der Waals surface area contributed by atoms with Crippen molar-refractivity contribution in [3.63, 3.8) is 0 Å². The molecule has 0 heterocycles. The smallest absolute Gasteiger partial charge is 0.131 e. The zero-order valence-corrected chi connectivity index (χ0v) is 16.3. The standard InChI is InChI=1S/C24H23O2P/c1-2-3-16-27(21-14-12-17-8-4-6-10-19(17)23(21)25)22-15-13-18-9-5-7-11-20(18)24(22)26/h4-15,25-26H,2-3,16H2,1H3. The molecule has 3 heteroatoms. The third kappa shape index (κ3) is 3.26. The minimum atomic E-state index is -0.845. The van der Waals surface area contributed by atoms with Crippen LogP contribution in [0.4, 0.5) is 0 Å². The molecule has 0 radical (unpaired) electrons. The van der Waals surface area contributed by atoms with Gasteiger partial charge in [-0.25, -0.2) is 0 Å². The zero-order chi connectivity index (χ0) is 18.8. The molecule has 0 spiro atoms. The molecule has 0 saturated carbocycles. The van der Waals surface area contributed by atoms with Gasteiger partial charge in [-0.1, -0.05) is 74.0 Å². The summed E-state index contributed by atoms with van der Waals surface area (Å²) >= 11 is 0. The van der Waals surface area contributed by atoms with E-state index in [1.165, 1.54) is 0 Å². The predicted molar refractivity (Wildman–Crippen MR) is 117 cm³/mol. The van der Waals surface area contributed by atoms with Gasteiger partial charge >= 0.3 is 0 Å². The van der Waals surface area contributed by atoms with Crippen molar-refractivity contribution < 1.29 is 10.2 Å². The third-order valence-electron chi connectivity index (χ3n) is 5.08. The van der Waals surface area contributed by atoms with E-state index in [1.54, 1.807) is 0 Å². The zero-order valence-electron chi connectivity index (χ0n) is 15.4. The quantitative estimate of drug-likeness (QED) is 0.444. The maximum atomic E-state index is 11.0. The summed E-state index contributed by atoms with van der Waals surface area (Å²) in [5.74, 6) is 0.700. The van der Waals surface area contributed by atoms with E-state index in [4.69, 9.17) is 0 Å². The van der Waals surface area contributed by atoms with Crippen molar-refractivity contribution in [1.82, 2.24) is 0 Å². The Labute approximate surface area is 160 Å². The monoisotopic (exact) mass is 374 g/mol. The van der Waals surface area contributed by atoms with Gasteiger partial charge in [0.2, 0.25) is 0 Å². The molecular formula is C24H23O2P. The van der Waals surface area contributed by atoms with Crippen LogP contribution in [-0.2, 0) is 0 Å². The number of rotatable bonds is 5. The largest absolute Gasteiger partial charge is 0.507 e. The summed E-state index contributed by atoms with van der Waals surface area (Å²) in [6.45, 7) is 2.17. The Bertz CT molecular complexity index is 1020. The van der Waals surface area contributed by atoms with E-state index in [1.807, 2.05) is 60.7 Å². The first-order chi connectivity index (χ1) is 13.2. The summed E-state index contributed by atoms with van der Waals surface area (Å²) < 4.78 is 0. The Balaban J connectivity index is 1.90. The van der Waals surface area contributed by atoms with E-state index in [0.29, 0.717) is 11.5 Å². The first kappa shape index (κ1) is 17.8. The molecular weight excluding hydrogens is 351 g/mol. The van der Waals surface area contributed by atoms with E-state index in [-0.39, 0.29) is 0 Å². The van der Waals surface area contributed by atoms with Crippen molar-refractivity contribution in [2.75, 3.05) is 6.16 Å². The summed E-state index contributed by atoms with van der Waals surface area (Å²) in [5.41, 5.74) is 0. The maximum Gasteiger partial charge on any atom is 0.131 e. The molecule has 0 aliphatic rings. The highest BCUT2D eigenvalue weighted by atomic mass is 31.1. The fraction of sp³-hybridized carbons (Fsp3) is 0.167. The number of aromatic hydroxyl groups is 2. The van der Waals surface area contributed by atoms with E-state index >= 15 is 0 Å². The van der Waals surface area contributed by atoms with E-state index < -0.39 is 7.92 Å². The average molecular weight is 374 g/mol. The van der Waals surface area contributed by atoms with Gasteiger partial charge in [0.25, 0.3) is 0 Å². The summed E-state index contributed by atoms with van der Waals surface area (Å²) in [6, 6.07) is 24.0. The number of hydrogen-bond donors (Lipinski definition) is 2. The maximum absolute atomic E-state index is 11.0. The van der Waals surface area contributed by atoms with E-state index in [0.717, 1.165) is 51.2 Å². The normalized spacial score (nSPS) is 11.5. The van der Waals surface area contributed by atoms with Gasteiger partial charge in [0.05, 0.1) is 0 Å². The second kappa shape index (κ2) is 7.58. The lowest BCUT2D eigenvalue weighted by Crippen LogP contribution is -2.15. The Hall–Kier alpha value is -2.57. The number of phenolic OH excluding ortho intramolecular Hbond substituents is 2. The first-order valence-corrected chi connectivity index (χ1v) is 10.9. The van der Waals surface area contributed by atoms with Crippen LogP contribution in [0.5, 0.6) is 11.5 Å². The van der Waals surface area contributed by atoms with Gasteiger partial charge in [0.1, 0.15) is 11.5 Å². The average Bonchev–Trinajstić information content (AvgIpc) is 2.71. The van der Waals surface area contributed by atoms with Crippen molar-refractivity contribution in [1.29, 1.82) is 0 Å². The van der Waals surface area contributed by atoms with Crippen molar-refractivity contribution in [3.8, 4) is 11.5 Å². The van der Waals surface area contributed by atoms with Gasteiger partial charge in [0, 0.05) is 21.4 Å². The Kier molecular flexibility index (Phi) is 5.01.